The minimum absolute atomic E-state index is 0.112. The Hall–Kier alpha value is -1.58. The predicted molar refractivity (Wildman–Crippen MR) is 84.7 cm³/mol. The van der Waals surface area contributed by atoms with Crippen molar-refractivity contribution in [2.24, 2.45) is 5.84 Å². The molecule has 21 heavy (non-hydrogen) atoms. The van der Waals surface area contributed by atoms with E-state index in [1.807, 2.05) is 12.1 Å². The van der Waals surface area contributed by atoms with E-state index in [2.05, 4.69) is 35.8 Å². The van der Waals surface area contributed by atoms with Gasteiger partial charge in [-0.15, -0.1) is 0 Å². The molecule has 3 heteroatoms. The number of furan rings is 1. The lowest BCUT2D eigenvalue weighted by molar-refractivity contribution is 0.205. The lowest BCUT2D eigenvalue weighted by atomic mass is 9.64. The van der Waals surface area contributed by atoms with Gasteiger partial charge in [0, 0.05) is 17.9 Å². The number of nitrogens with two attached hydrogens (primary N) is 1. The van der Waals surface area contributed by atoms with Crippen molar-refractivity contribution in [3.8, 4) is 0 Å². The highest BCUT2D eigenvalue weighted by Crippen LogP contribution is 2.42. The van der Waals surface area contributed by atoms with Crippen LogP contribution in [0.1, 0.15) is 43.4 Å². The van der Waals surface area contributed by atoms with Gasteiger partial charge in [-0.1, -0.05) is 49.6 Å². The summed E-state index contributed by atoms with van der Waals surface area (Å²) in [5, 5.41) is 0. The summed E-state index contributed by atoms with van der Waals surface area (Å²) < 4.78 is 5.54. The third-order valence-electron chi connectivity index (χ3n) is 4.95. The molecule has 1 aromatic carbocycles. The fourth-order valence-corrected chi connectivity index (χ4v) is 3.83. The molecule has 0 radical (unpaired) electrons. The summed E-state index contributed by atoms with van der Waals surface area (Å²) in [5.41, 5.74) is 4.60. The zero-order valence-corrected chi connectivity index (χ0v) is 12.4. The molecule has 0 bridgehead atoms. The number of rotatable bonds is 5. The molecule has 1 heterocycles. The lowest BCUT2D eigenvalue weighted by Crippen LogP contribution is -2.53. The minimum Gasteiger partial charge on any atom is -0.469 e. The van der Waals surface area contributed by atoms with Crippen molar-refractivity contribution in [1.29, 1.82) is 0 Å². The molecule has 112 valence electrons. The van der Waals surface area contributed by atoms with Crippen LogP contribution in [0, 0.1) is 0 Å². The maximum absolute atomic E-state index is 5.95. The van der Waals surface area contributed by atoms with E-state index < -0.39 is 0 Å². The Balaban J connectivity index is 1.93. The first kappa shape index (κ1) is 14.4. The molecule has 0 spiro atoms. The maximum Gasteiger partial charge on any atom is 0.105 e. The van der Waals surface area contributed by atoms with E-state index in [0.717, 1.165) is 12.2 Å². The van der Waals surface area contributed by atoms with Crippen molar-refractivity contribution in [2.75, 3.05) is 0 Å². The molecule has 2 aromatic rings. The van der Waals surface area contributed by atoms with Crippen LogP contribution in [0.3, 0.4) is 0 Å². The Kier molecular flexibility index (Phi) is 4.42. The van der Waals surface area contributed by atoms with Crippen molar-refractivity contribution in [2.45, 2.75) is 50.0 Å². The summed E-state index contributed by atoms with van der Waals surface area (Å²) in [5.74, 6) is 6.95. The summed E-state index contributed by atoms with van der Waals surface area (Å²) >= 11 is 0. The van der Waals surface area contributed by atoms with Crippen LogP contribution in [-0.2, 0) is 11.8 Å². The number of hydrazine groups is 1. The van der Waals surface area contributed by atoms with Crippen molar-refractivity contribution in [1.82, 2.24) is 5.43 Å². The Bertz CT molecular complexity index is 530. The van der Waals surface area contributed by atoms with Gasteiger partial charge in [-0.3, -0.25) is 11.3 Å². The second-order valence-corrected chi connectivity index (χ2v) is 6.09. The topological polar surface area (TPSA) is 51.2 Å². The van der Waals surface area contributed by atoms with Gasteiger partial charge in [-0.25, -0.2) is 0 Å². The average Bonchev–Trinajstić information content (AvgIpc) is 3.07. The Morgan fingerprint density at radius 2 is 1.81 bits per heavy atom. The van der Waals surface area contributed by atoms with Crippen LogP contribution in [-0.4, -0.2) is 6.04 Å². The van der Waals surface area contributed by atoms with E-state index in [4.69, 9.17) is 10.3 Å². The fourth-order valence-electron chi connectivity index (χ4n) is 3.83. The molecule has 3 rings (SSSR count). The molecule has 3 nitrogen and oxygen atoms in total. The lowest BCUT2D eigenvalue weighted by Gasteiger charge is -2.44. The fraction of sp³-hybridized carbons (Fsp3) is 0.444. The highest BCUT2D eigenvalue weighted by Gasteiger charge is 2.41. The van der Waals surface area contributed by atoms with Crippen LogP contribution >= 0.6 is 0 Å². The van der Waals surface area contributed by atoms with Gasteiger partial charge in [0.2, 0.25) is 0 Å². The van der Waals surface area contributed by atoms with E-state index in [1.54, 1.807) is 6.26 Å². The van der Waals surface area contributed by atoms with Gasteiger partial charge in [-0.05, 0) is 30.5 Å². The van der Waals surface area contributed by atoms with E-state index in [1.165, 1.54) is 37.7 Å². The van der Waals surface area contributed by atoms with Crippen molar-refractivity contribution in [3.63, 3.8) is 0 Å². The van der Waals surface area contributed by atoms with Crippen LogP contribution in [0.5, 0.6) is 0 Å². The van der Waals surface area contributed by atoms with Gasteiger partial charge >= 0.3 is 0 Å². The summed E-state index contributed by atoms with van der Waals surface area (Å²) in [6, 6.07) is 15.0. The molecule has 1 saturated carbocycles. The predicted octanol–water partition coefficient (Wildman–Crippen LogP) is 3.56. The van der Waals surface area contributed by atoms with Gasteiger partial charge < -0.3 is 4.42 Å². The molecule has 3 N–H and O–H groups in total. The SMILES string of the molecule is NNC(Cc1ccco1)C1(c2ccccc2)CCCCC1. The third kappa shape index (κ3) is 2.89. The molecule has 0 saturated heterocycles. The number of benzene rings is 1. The van der Waals surface area contributed by atoms with E-state index in [0.29, 0.717) is 0 Å². The van der Waals surface area contributed by atoms with Gasteiger partial charge in [-0.2, -0.15) is 0 Å². The number of hydrogen-bond donors (Lipinski definition) is 2. The molecular weight excluding hydrogens is 260 g/mol. The van der Waals surface area contributed by atoms with Crippen molar-refractivity contribution >= 4 is 0 Å². The molecule has 1 aliphatic carbocycles. The smallest absolute Gasteiger partial charge is 0.105 e. The summed E-state index contributed by atoms with van der Waals surface area (Å²) in [7, 11) is 0. The zero-order valence-electron chi connectivity index (χ0n) is 12.4. The normalized spacial score (nSPS) is 19.3. The molecule has 1 fully saturated rings. The average molecular weight is 284 g/mol. The number of nitrogens with one attached hydrogen (secondary N) is 1. The minimum atomic E-state index is 0.112. The maximum atomic E-state index is 5.95. The standard InChI is InChI=1S/C18H24N2O/c19-20-17(14-16-10-7-13-21-16)18(11-5-2-6-12-18)15-8-3-1-4-9-15/h1,3-4,7-10,13,17,20H,2,5-6,11-12,14,19H2. The number of hydrogen-bond acceptors (Lipinski definition) is 3. The molecule has 1 atom stereocenters. The van der Waals surface area contributed by atoms with Crippen LogP contribution in [0.25, 0.3) is 0 Å². The van der Waals surface area contributed by atoms with Crippen molar-refractivity contribution in [3.05, 3.63) is 60.1 Å². The first-order valence-corrected chi connectivity index (χ1v) is 7.89. The quantitative estimate of drug-likeness (QED) is 0.652. The van der Waals surface area contributed by atoms with Gasteiger partial charge in [0.15, 0.2) is 0 Å². The summed E-state index contributed by atoms with van der Waals surface area (Å²) in [6.45, 7) is 0. The highest BCUT2D eigenvalue weighted by molar-refractivity contribution is 5.29. The molecular formula is C18H24N2O. The monoisotopic (exact) mass is 284 g/mol. The first-order chi connectivity index (χ1) is 10.3. The molecule has 0 aliphatic heterocycles. The first-order valence-electron chi connectivity index (χ1n) is 7.89. The Morgan fingerprint density at radius 3 is 2.43 bits per heavy atom. The second kappa shape index (κ2) is 6.46. The van der Waals surface area contributed by atoms with E-state index in [-0.39, 0.29) is 11.5 Å². The van der Waals surface area contributed by atoms with Crippen LogP contribution in [0.2, 0.25) is 0 Å². The van der Waals surface area contributed by atoms with E-state index in [9.17, 15) is 0 Å². The zero-order chi connectivity index (χ0) is 14.5. The van der Waals surface area contributed by atoms with Gasteiger partial charge in [0.25, 0.3) is 0 Å². The largest absolute Gasteiger partial charge is 0.469 e. The molecule has 1 unspecified atom stereocenters. The molecule has 0 amide bonds. The molecule has 1 aromatic heterocycles. The van der Waals surface area contributed by atoms with E-state index >= 15 is 0 Å². The van der Waals surface area contributed by atoms with Crippen LogP contribution in [0.4, 0.5) is 0 Å². The van der Waals surface area contributed by atoms with Gasteiger partial charge in [0.1, 0.15) is 5.76 Å². The van der Waals surface area contributed by atoms with Crippen molar-refractivity contribution < 1.29 is 4.42 Å². The Morgan fingerprint density at radius 1 is 1.05 bits per heavy atom. The molecule has 1 aliphatic rings. The van der Waals surface area contributed by atoms with Gasteiger partial charge in [0.05, 0.1) is 6.26 Å². The van der Waals surface area contributed by atoms with Crippen LogP contribution < -0.4 is 11.3 Å². The Labute approximate surface area is 126 Å². The summed E-state index contributed by atoms with van der Waals surface area (Å²) in [6.07, 6.45) is 8.81. The highest BCUT2D eigenvalue weighted by atomic mass is 16.3. The second-order valence-electron chi connectivity index (χ2n) is 6.09. The third-order valence-corrected chi connectivity index (χ3v) is 4.95. The summed E-state index contributed by atoms with van der Waals surface area (Å²) in [4.78, 5) is 0. The van der Waals surface area contributed by atoms with Crippen LogP contribution in [0.15, 0.2) is 53.1 Å².